The molecule has 0 aliphatic heterocycles. The summed E-state index contributed by atoms with van der Waals surface area (Å²) in [4.78, 5) is 14.7. The maximum atomic E-state index is 12.4. The largest absolute Gasteiger partial charge is 0.372 e. The Balaban J connectivity index is 2.20. The lowest BCUT2D eigenvalue weighted by atomic mass is 10.1. The molecule has 0 radical (unpaired) electrons. The third-order valence-corrected chi connectivity index (χ3v) is 3.98. The van der Waals surface area contributed by atoms with Crippen LogP contribution in [0.15, 0.2) is 42.5 Å². The number of amides is 1. The molecule has 0 unspecified atom stereocenters. The van der Waals surface area contributed by atoms with Gasteiger partial charge in [-0.25, -0.2) is 0 Å². The summed E-state index contributed by atoms with van der Waals surface area (Å²) < 4.78 is 0. The van der Waals surface area contributed by atoms with Gasteiger partial charge in [0.05, 0.1) is 0 Å². The fraction of sp³-hybridized carbons (Fsp3) is 0.316. The third-order valence-electron chi connectivity index (χ3n) is 3.98. The first-order valence-electron chi connectivity index (χ1n) is 7.79. The highest BCUT2D eigenvalue weighted by Crippen LogP contribution is 2.23. The molecule has 0 fully saturated rings. The van der Waals surface area contributed by atoms with Gasteiger partial charge in [0, 0.05) is 30.0 Å². The maximum absolute atomic E-state index is 12.4. The SMILES string of the molecule is CCN(CC)c1ccc(NC(=O)c2ccccc2C)c(C)c1. The molecule has 0 bridgehead atoms. The third kappa shape index (κ3) is 3.48. The van der Waals surface area contributed by atoms with Gasteiger partial charge >= 0.3 is 0 Å². The Morgan fingerprint density at radius 3 is 2.27 bits per heavy atom. The van der Waals surface area contributed by atoms with Gasteiger partial charge in [-0.3, -0.25) is 4.79 Å². The number of carbonyl (C=O) groups is 1. The van der Waals surface area contributed by atoms with Gasteiger partial charge in [-0.2, -0.15) is 0 Å². The van der Waals surface area contributed by atoms with Crippen molar-refractivity contribution in [2.24, 2.45) is 0 Å². The van der Waals surface area contributed by atoms with Gasteiger partial charge in [-0.15, -0.1) is 0 Å². The summed E-state index contributed by atoms with van der Waals surface area (Å²) in [5.41, 5.74) is 4.83. The Kier molecular flexibility index (Phi) is 5.21. The van der Waals surface area contributed by atoms with Crippen molar-refractivity contribution >= 4 is 17.3 Å². The van der Waals surface area contributed by atoms with Gasteiger partial charge in [-0.05, 0) is 63.1 Å². The van der Waals surface area contributed by atoms with Crippen LogP contribution in [-0.2, 0) is 0 Å². The Hall–Kier alpha value is -2.29. The molecule has 22 heavy (non-hydrogen) atoms. The molecule has 0 atom stereocenters. The van der Waals surface area contributed by atoms with Crippen molar-refractivity contribution in [3.63, 3.8) is 0 Å². The van der Waals surface area contributed by atoms with Crippen LogP contribution in [0.4, 0.5) is 11.4 Å². The van der Waals surface area contributed by atoms with Crippen molar-refractivity contribution in [1.29, 1.82) is 0 Å². The number of carbonyl (C=O) groups excluding carboxylic acids is 1. The Labute approximate surface area is 133 Å². The molecule has 0 saturated heterocycles. The minimum Gasteiger partial charge on any atom is -0.372 e. The molecule has 0 aliphatic rings. The highest BCUT2D eigenvalue weighted by Gasteiger charge is 2.11. The second-order valence-electron chi connectivity index (χ2n) is 5.44. The first-order chi connectivity index (χ1) is 10.6. The predicted molar refractivity (Wildman–Crippen MR) is 93.9 cm³/mol. The zero-order valence-electron chi connectivity index (χ0n) is 13.8. The number of nitrogens with one attached hydrogen (secondary N) is 1. The molecule has 0 aliphatic carbocycles. The number of benzene rings is 2. The summed E-state index contributed by atoms with van der Waals surface area (Å²) >= 11 is 0. The zero-order valence-corrected chi connectivity index (χ0v) is 13.8. The van der Waals surface area contributed by atoms with E-state index >= 15 is 0 Å². The Bertz CT molecular complexity index is 660. The molecule has 0 heterocycles. The van der Waals surface area contributed by atoms with Crippen molar-refractivity contribution in [3.8, 4) is 0 Å². The molecule has 116 valence electrons. The molecule has 2 rings (SSSR count). The minimum absolute atomic E-state index is 0.0585. The van der Waals surface area contributed by atoms with E-state index < -0.39 is 0 Å². The molecule has 2 aromatic rings. The second kappa shape index (κ2) is 7.12. The molecule has 3 nitrogen and oxygen atoms in total. The molecule has 3 heteroatoms. The number of rotatable bonds is 5. The summed E-state index contributed by atoms with van der Waals surface area (Å²) in [6.45, 7) is 10.2. The second-order valence-corrected chi connectivity index (χ2v) is 5.44. The van der Waals surface area contributed by atoms with Crippen LogP contribution in [0, 0.1) is 13.8 Å². The number of nitrogens with zero attached hydrogens (tertiary/aromatic N) is 1. The molecular formula is C19H24N2O. The summed E-state index contributed by atoms with van der Waals surface area (Å²) in [5, 5.41) is 3.01. The molecule has 1 amide bonds. The van der Waals surface area contributed by atoms with E-state index in [1.165, 1.54) is 5.69 Å². The highest BCUT2D eigenvalue weighted by molar-refractivity contribution is 6.05. The van der Waals surface area contributed by atoms with E-state index in [0.717, 1.165) is 35.5 Å². The number of hydrogen-bond donors (Lipinski definition) is 1. The average molecular weight is 296 g/mol. The molecule has 0 saturated carbocycles. The lowest BCUT2D eigenvalue weighted by molar-refractivity contribution is 0.102. The van der Waals surface area contributed by atoms with Crippen LogP contribution in [-0.4, -0.2) is 19.0 Å². The van der Waals surface area contributed by atoms with Crippen molar-refractivity contribution < 1.29 is 4.79 Å². The highest BCUT2D eigenvalue weighted by atomic mass is 16.1. The smallest absolute Gasteiger partial charge is 0.255 e. The van der Waals surface area contributed by atoms with E-state index in [2.05, 4.69) is 36.2 Å². The van der Waals surface area contributed by atoms with Gasteiger partial charge in [0.25, 0.3) is 5.91 Å². The Morgan fingerprint density at radius 2 is 1.68 bits per heavy atom. The standard InChI is InChI=1S/C19H24N2O/c1-5-21(6-2)16-11-12-18(15(4)13-16)20-19(22)17-10-8-7-9-14(17)3/h7-13H,5-6H2,1-4H3,(H,20,22). The zero-order chi connectivity index (χ0) is 16.1. The van der Waals surface area contributed by atoms with Crippen LogP contribution in [0.3, 0.4) is 0 Å². The monoisotopic (exact) mass is 296 g/mol. The van der Waals surface area contributed by atoms with Crippen LogP contribution in [0.25, 0.3) is 0 Å². The van der Waals surface area contributed by atoms with Gasteiger partial charge in [0.1, 0.15) is 0 Å². The van der Waals surface area contributed by atoms with Crippen LogP contribution >= 0.6 is 0 Å². The number of hydrogen-bond acceptors (Lipinski definition) is 2. The first kappa shape index (κ1) is 16.1. The van der Waals surface area contributed by atoms with E-state index in [1.54, 1.807) is 0 Å². The molecule has 0 aromatic heterocycles. The quantitative estimate of drug-likeness (QED) is 0.887. The molecular weight excluding hydrogens is 272 g/mol. The van der Waals surface area contributed by atoms with Crippen LogP contribution in [0.1, 0.15) is 35.3 Å². The van der Waals surface area contributed by atoms with Gasteiger partial charge in [0.2, 0.25) is 0 Å². The van der Waals surface area contributed by atoms with Crippen molar-refractivity contribution in [1.82, 2.24) is 0 Å². The lowest BCUT2D eigenvalue weighted by Crippen LogP contribution is -2.22. The van der Waals surface area contributed by atoms with E-state index in [4.69, 9.17) is 0 Å². The van der Waals surface area contributed by atoms with Crippen LogP contribution in [0.2, 0.25) is 0 Å². The van der Waals surface area contributed by atoms with Crippen molar-refractivity contribution in [3.05, 3.63) is 59.2 Å². The molecule has 2 aromatic carbocycles. The summed E-state index contributed by atoms with van der Waals surface area (Å²) in [6, 6.07) is 13.8. The Morgan fingerprint density at radius 1 is 1.00 bits per heavy atom. The summed E-state index contributed by atoms with van der Waals surface area (Å²) in [7, 11) is 0. The van der Waals surface area contributed by atoms with E-state index in [-0.39, 0.29) is 5.91 Å². The van der Waals surface area contributed by atoms with E-state index in [0.29, 0.717) is 0 Å². The first-order valence-corrected chi connectivity index (χ1v) is 7.79. The minimum atomic E-state index is -0.0585. The fourth-order valence-corrected chi connectivity index (χ4v) is 2.59. The average Bonchev–Trinajstić information content (AvgIpc) is 2.51. The van der Waals surface area contributed by atoms with Gasteiger partial charge in [0.15, 0.2) is 0 Å². The summed E-state index contributed by atoms with van der Waals surface area (Å²) in [6.07, 6.45) is 0. The fourth-order valence-electron chi connectivity index (χ4n) is 2.59. The van der Waals surface area contributed by atoms with Gasteiger partial charge < -0.3 is 10.2 Å². The lowest BCUT2D eigenvalue weighted by Gasteiger charge is -2.22. The van der Waals surface area contributed by atoms with Crippen LogP contribution in [0.5, 0.6) is 0 Å². The van der Waals surface area contributed by atoms with Crippen molar-refractivity contribution in [2.75, 3.05) is 23.3 Å². The van der Waals surface area contributed by atoms with Crippen molar-refractivity contribution in [2.45, 2.75) is 27.7 Å². The predicted octanol–water partition coefficient (Wildman–Crippen LogP) is 4.40. The van der Waals surface area contributed by atoms with Crippen LogP contribution < -0.4 is 10.2 Å². The van der Waals surface area contributed by atoms with E-state index in [9.17, 15) is 4.79 Å². The maximum Gasteiger partial charge on any atom is 0.255 e. The number of aryl methyl sites for hydroxylation is 2. The topological polar surface area (TPSA) is 32.3 Å². The molecule has 0 spiro atoms. The number of anilines is 2. The molecule has 1 N–H and O–H groups in total. The summed E-state index contributed by atoms with van der Waals surface area (Å²) in [5.74, 6) is -0.0585. The van der Waals surface area contributed by atoms with Gasteiger partial charge in [-0.1, -0.05) is 18.2 Å². The van der Waals surface area contributed by atoms with E-state index in [1.807, 2.05) is 44.2 Å². The normalized spacial score (nSPS) is 10.4.